The number of nitrogens with one attached hydrogen (secondary N) is 2. The van der Waals surface area contributed by atoms with Crippen LogP contribution in [0.15, 0.2) is 42.5 Å². The Kier molecular flexibility index (Phi) is 5.32. The van der Waals surface area contributed by atoms with Crippen molar-refractivity contribution in [2.24, 2.45) is 5.73 Å². The van der Waals surface area contributed by atoms with E-state index >= 15 is 0 Å². The first-order valence-corrected chi connectivity index (χ1v) is 7.25. The van der Waals surface area contributed by atoms with Gasteiger partial charge in [-0.3, -0.25) is 4.79 Å². The quantitative estimate of drug-likeness (QED) is 0.413. The van der Waals surface area contributed by atoms with Gasteiger partial charge in [0.05, 0.1) is 5.92 Å². The number of carbonyl (C=O) groups excluding carboxylic acids is 1. The molecule has 0 bridgehead atoms. The number of carbonyl (C=O) groups is 1. The Bertz CT molecular complexity index is 715. The Morgan fingerprint density at radius 2 is 2.09 bits per heavy atom. The minimum absolute atomic E-state index is 0.107. The fourth-order valence-corrected chi connectivity index (χ4v) is 2.36. The molecular weight excluding hydrogens is 292 g/mol. The molecule has 1 amide bonds. The van der Waals surface area contributed by atoms with E-state index in [0.29, 0.717) is 35.5 Å². The summed E-state index contributed by atoms with van der Waals surface area (Å²) in [7, 11) is 0. The Morgan fingerprint density at radius 3 is 2.74 bits per heavy atom. The maximum atomic E-state index is 12.6. The van der Waals surface area contributed by atoms with Crippen molar-refractivity contribution in [2.75, 3.05) is 17.6 Å². The third kappa shape index (κ3) is 4.08. The van der Waals surface area contributed by atoms with Crippen molar-refractivity contribution in [3.63, 3.8) is 0 Å². The third-order valence-corrected chi connectivity index (χ3v) is 3.55. The molecule has 6 nitrogen and oxygen atoms in total. The SMILES string of the molecule is N=Cc1cc(NC(=O)C(CCN)c2cccc(O)c2)ccc1N. The zero-order chi connectivity index (χ0) is 16.8. The van der Waals surface area contributed by atoms with Crippen LogP contribution in [0.4, 0.5) is 11.4 Å². The molecule has 0 heterocycles. The molecule has 0 aromatic heterocycles. The van der Waals surface area contributed by atoms with E-state index in [4.69, 9.17) is 16.9 Å². The van der Waals surface area contributed by atoms with Crippen LogP contribution in [0.5, 0.6) is 5.75 Å². The minimum Gasteiger partial charge on any atom is -0.508 e. The molecule has 23 heavy (non-hydrogen) atoms. The molecule has 0 aliphatic carbocycles. The van der Waals surface area contributed by atoms with E-state index in [1.165, 1.54) is 0 Å². The summed E-state index contributed by atoms with van der Waals surface area (Å²) in [6.45, 7) is 0.348. The number of benzene rings is 2. The lowest BCUT2D eigenvalue weighted by atomic mass is 9.94. The normalized spacial score (nSPS) is 11.7. The zero-order valence-electron chi connectivity index (χ0n) is 12.6. The van der Waals surface area contributed by atoms with Gasteiger partial charge in [-0.1, -0.05) is 12.1 Å². The maximum absolute atomic E-state index is 12.6. The van der Waals surface area contributed by atoms with Gasteiger partial charge >= 0.3 is 0 Å². The van der Waals surface area contributed by atoms with E-state index < -0.39 is 5.92 Å². The number of nitrogen functional groups attached to an aromatic ring is 1. The van der Waals surface area contributed by atoms with Crippen molar-refractivity contribution >= 4 is 23.5 Å². The molecule has 0 aliphatic rings. The van der Waals surface area contributed by atoms with Crippen LogP contribution in [0.3, 0.4) is 0 Å². The highest BCUT2D eigenvalue weighted by molar-refractivity contribution is 5.97. The molecule has 2 aromatic carbocycles. The number of hydrogen-bond donors (Lipinski definition) is 5. The van der Waals surface area contributed by atoms with Crippen LogP contribution in [-0.2, 0) is 4.79 Å². The van der Waals surface area contributed by atoms with Crippen LogP contribution in [0, 0.1) is 5.41 Å². The first kappa shape index (κ1) is 16.5. The first-order chi connectivity index (χ1) is 11.0. The van der Waals surface area contributed by atoms with Crippen LogP contribution in [-0.4, -0.2) is 23.8 Å². The van der Waals surface area contributed by atoms with Crippen LogP contribution < -0.4 is 16.8 Å². The fraction of sp³-hybridized carbons (Fsp3) is 0.176. The smallest absolute Gasteiger partial charge is 0.231 e. The van der Waals surface area contributed by atoms with Crippen molar-refractivity contribution in [3.05, 3.63) is 53.6 Å². The number of aromatic hydroxyl groups is 1. The second-order valence-electron chi connectivity index (χ2n) is 5.20. The van der Waals surface area contributed by atoms with Gasteiger partial charge in [-0.05, 0) is 48.9 Å². The van der Waals surface area contributed by atoms with Crippen LogP contribution in [0.25, 0.3) is 0 Å². The highest BCUT2D eigenvalue weighted by Gasteiger charge is 2.20. The Labute approximate surface area is 134 Å². The number of nitrogens with two attached hydrogens (primary N) is 2. The van der Waals surface area contributed by atoms with E-state index in [-0.39, 0.29) is 11.7 Å². The molecule has 2 rings (SSSR count). The van der Waals surface area contributed by atoms with E-state index in [1.807, 2.05) is 0 Å². The number of rotatable bonds is 6. The van der Waals surface area contributed by atoms with Gasteiger partial charge in [0.1, 0.15) is 5.75 Å². The van der Waals surface area contributed by atoms with Gasteiger partial charge in [0.2, 0.25) is 5.91 Å². The highest BCUT2D eigenvalue weighted by Crippen LogP contribution is 2.25. The summed E-state index contributed by atoms with van der Waals surface area (Å²) in [6.07, 6.45) is 1.60. The predicted molar refractivity (Wildman–Crippen MR) is 91.9 cm³/mol. The van der Waals surface area contributed by atoms with E-state index in [0.717, 1.165) is 6.21 Å². The molecule has 6 heteroatoms. The summed E-state index contributed by atoms with van der Waals surface area (Å²) in [5, 5.41) is 19.7. The summed E-state index contributed by atoms with van der Waals surface area (Å²) in [4.78, 5) is 12.6. The molecule has 1 atom stereocenters. The van der Waals surface area contributed by atoms with Crippen molar-refractivity contribution in [3.8, 4) is 5.75 Å². The zero-order valence-corrected chi connectivity index (χ0v) is 12.6. The van der Waals surface area contributed by atoms with Crippen LogP contribution >= 0.6 is 0 Å². The molecule has 120 valence electrons. The fourth-order valence-electron chi connectivity index (χ4n) is 2.36. The van der Waals surface area contributed by atoms with Crippen molar-refractivity contribution in [2.45, 2.75) is 12.3 Å². The van der Waals surface area contributed by atoms with Gasteiger partial charge in [0, 0.05) is 23.2 Å². The average molecular weight is 312 g/mol. The number of amides is 1. The predicted octanol–water partition coefficient (Wildman–Crippen LogP) is 2.04. The van der Waals surface area contributed by atoms with E-state index in [2.05, 4.69) is 5.32 Å². The lowest BCUT2D eigenvalue weighted by Crippen LogP contribution is -2.23. The monoisotopic (exact) mass is 312 g/mol. The number of anilines is 2. The summed E-state index contributed by atoms with van der Waals surface area (Å²) in [5.74, 6) is -0.578. The summed E-state index contributed by atoms with van der Waals surface area (Å²) < 4.78 is 0. The van der Waals surface area contributed by atoms with Crippen LogP contribution in [0.2, 0.25) is 0 Å². The minimum atomic E-state index is -0.465. The van der Waals surface area contributed by atoms with Gasteiger partial charge in [-0.2, -0.15) is 0 Å². The molecule has 1 unspecified atom stereocenters. The molecule has 0 saturated heterocycles. The Hall–Kier alpha value is -2.86. The lowest BCUT2D eigenvalue weighted by Gasteiger charge is -2.17. The number of phenolic OH excluding ortho intramolecular Hbond substituents is 1. The number of phenols is 1. The molecule has 0 fully saturated rings. The first-order valence-electron chi connectivity index (χ1n) is 7.25. The molecule has 0 saturated carbocycles. The molecule has 7 N–H and O–H groups in total. The van der Waals surface area contributed by atoms with Crippen LogP contribution in [0.1, 0.15) is 23.5 Å². The maximum Gasteiger partial charge on any atom is 0.231 e. The molecule has 0 aliphatic heterocycles. The Morgan fingerprint density at radius 1 is 1.30 bits per heavy atom. The average Bonchev–Trinajstić information content (AvgIpc) is 2.54. The van der Waals surface area contributed by atoms with Crippen molar-refractivity contribution in [1.29, 1.82) is 5.41 Å². The van der Waals surface area contributed by atoms with Gasteiger partial charge in [0.25, 0.3) is 0 Å². The standard InChI is InChI=1S/C17H20N4O2/c18-7-6-15(11-2-1-3-14(22)9-11)17(23)21-13-4-5-16(20)12(8-13)10-19/h1-5,8-10,15,19,22H,6-7,18,20H2,(H,21,23). The lowest BCUT2D eigenvalue weighted by molar-refractivity contribution is -0.117. The number of hydrogen-bond acceptors (Lipinski definition) is 5. The van der Waals surface area contributed by atoms with Gasteiger partial charge in [-0.25, -0.2) is 0 Å². The van der Waals surface area contributed by atoms with Gasteiger partial charge in [0.15, 0.2) is 0 Å². The van der Waals surface area contributed by atoms with Crippen molar-refractivity contribution in [1.82, 2.24) is 0 Å². The molecule has 0 radical (unpaired) electrons. The Balaban J connectivity index is 2.23. The van der Waals surface area contributed by atoms with Crippen molar-refractivity contribution < 1.29 is 9.90 Å². The molecular formula is C17H20N4O2. The van der Waals surface area contributed by atoms with E-state index in [1.54, 1.807) is 42.5 Å². The summed E-state index contributed by atoms with van der Waals surface area (Å²) in [5.41, 5.74) is 13.6. The van der Waals surface area contributed by atoms with Gasteiger partial charge in [-0.15, -0.1) is 0 Å². The van der Waals surface area contributed by atoms with Gasteiger partial charge < -0.3 is 27.3 Å². The van der Waals surface area contributed by atoms with E-state index in [9.17, 15) is 9.90 Å². The summed E-state index contributed by atoms with van der Waals surface area (Å²) in [6, 6.07) is 11.6. The largest absolute Gasteiger partial charge is 0.508 e. The topological polar surface area (TPSA) is 125 Å². The second kappa shape index (κ2) is 7.42. The molecule has 0 spiro atoms. The third-order valence-electron chi connectivity index (χ3n) is 3.55. The summed E-state index contributed by atoms with van der Waals surface area (Å²) >= 11 is 0. The molecule has 2 aromatic rings. The second-order valence-corrected chi connectivity index (χ2v) is 5.20. The highest BCUT2D eigenvalue weighted by atomic mass is 16.3.